The minimum atomic E-state index is -0.266. The second-order valence-electron chi connectivity index (χ2n) is 3.58. The molecule has 0 radical (unpaired) electrons. The van der Waals surface area contributed by atoms with Gasteiger partial charge in [0.25, 0.3) is 0 Å². The van der Waals surface area contributed by atoms with Crippen molar-refractivity contribution in [2.75, 3.05) is 7.05 Å². The van der Waals surface area contributed by atoms with E-state index in [2.05, 4.69) is 31.3 Å². The number of aromatic nitrogens is 3. The van der Waals surface area contributed by atoms with Gasteiger partial charge in [-0.05, 0) is 34.6 Å². The van der Waals surface area contributed by atoms with E-state index in [4.69, 9.17) is 0 Å². The molecule has 1 aromatic heterocycles. The Bertz CT molecular complexity index is 512. The van der Waals surface area contributed by atoms with E-state index in [1.165, 1.54) is 12.4 Å². The Morgan fingerprint density at radius 3 is 3.06 bits per heavy atom. The van der Waals surface area contributed by atoms with Gasteiger partial charge in [0, 0.05) is 0 Å². The van der Waals surface area contributed by atoms with Crippen molar-refractivity contribution in [1.82, 2.24) is 20.1 Å². The Balaban J connectivity index is 2.25. The van der Waals surface area contributed by atoms with Gasteiger partial charge in [0.1, 0.15) is 18.0 Å². The van der Waals surface area contributed by atoms with Gasteiger partial charge >= 0.3 is 0 Å². The normalized spacial score (nSPS) is 10.8. The molecule has 0 aliphatic rings. The molecule has 0 unspecified atom stereocenters. The number of benzene rings is 1. The third-order valence-electron chi connectivity index (χ3n) is 2.38. The fraction of sp³-hybridized carbons (Fsp3) is 0.273. The van der Waals surface area contributed by atoms with E-state index in [0.717, 1.165) is 11.4 Å². The number of nitrogens with one attached hydrogen (secondary N) is 1. The first-order valence-electron chi connectivity index (χ1n) is 5.16. The van der Waals surface area contributed by atoms with Crippen molar-refractivity contribution >= 4 is 15.9 Å². The molecule has 4 nitrogen and oxygen atoms in total. The largest absolute Gasteiger partial charge is 0.313 e. The summed E-state index contributed by atoms with van der Waals surface area (Å²) >= 11 is 3.24. The third-order valence-corrected chi connectivity index (χ3v) is 3.27. The van der Waals surface area contributed by atoms with Crippen LogP contribution < -0.4 is 5.32 Å². The zero-order valence-corrected chi connectivity index (χ0v) is 10.9. The van der Waals surface area contributed by atoms with Gasteiger partial charge in [-0.1, -0.05) is 12.1 Å². The fourth-order valence-electron chi connectivity index (χ4n) is 1.55. The maximum atomic E-state index is 13.4. The molecule has 0 bridgehead atoms. The maximum Gasteiger partial charge on any atom is 0.141 e. The van der Waals surface area contributed by atoms with Gasteiger partial charge in [-0.2, -0.15) is 5.10 Å². The molecule has 0 aliphatic carbocycles. The summed E-state index contributed by atoms with van der Waals surface area (Å²) in [6.07, 6.45) is 1.50. The van der Waals surface area contributed by atoms with E-state index < -0.39 is 0 Å². The predicted molar refractivity (Wildman–Crippen MR) is 66.0 cm³/mol. The Labute approximate surface area is 107 Å². The van der Waals surface area contributed by atoms with Gasteiger partial charge < -0.3 is 5.32 Å². The average Bonchev–Trinajstić information content (AvgIpc) is 2.73. The molecule has 0 spiro atoms. The van der Waals surface area contributed by atoms with Crippen LogP contribution in [-0.4, -0.2) is 21.8 Å². The topological polar surface area (TPSA) is 42.7 Å². The number of hydrogen-bond acceptors (Lipinski definition) is 3. The van der Waals surface area contributed by atoms with Gasteiger partial charge in [0.15, 0.2) is 0 Å². The molecular weight excluding hydrogens is 287 g/mol. The molecule has 0 saturated carbocycles. The Hall–Kier alpha value is -1.27. The van der Waals surface area contributed by atoms with Crippen molar-refractivity contribution < 1.29 is 4.39 Å². The van der Waals surface area contributed by atoms with Crippen LogP contribution in [0.1, 0.15) is 11.4 Å². The Kier molecular flexibility index (Phi) is 3.86. The highest BCUT2D eigenvalue weighted by atomic mass is 79.9. The predicted octanol–water partition coefficient (Wildman–Crippen LogP) is 1.95. The van der Waals surface area contributed by atoms with Crippen LogP contribution in [0.4, 0.5) is 4.39 Å². The summed E-state index contributed by atoms with van der Waals surface area (Å²) in [4.78, 5) is 4.13. The zero-order chi connectivity index (χ0) is 12.3. The molecule has 6 heteroatoms. The first-order chi connectivity index (χ1) is 8.22. The molecule has 0 saturated heterocycles. The first kappa shape index (κ1) is 12.2. The summed E-state index contributed by atoms with van der Waals surface area (Å²) in [5.74, 6) is 0.557. The number of nitrogens with zero attached hydrogens (tertiary/aromatic N) is 3. The highest BCUT2D eigenvalue weighted by molar-refractivity contribution is 9.10. The molecular formula is C11H12BrFN4. The van der Waals surface area contributed by atoms with Gasteiger partial charge in [0.2, 0.25) is 0 Å². The lowest BCUT2D eigenvalue weighted by atomic mass is 10.2. The van der Waals surface area contributed by atoms with E-state index in [1.54, 1.807) is 10.7 Å². The van der Waals surface area contributed by atoms with E-state index in [-0.39, 0.29) is 5.82 Å². The molecule has 0 atom stereocenters. The molecule has 2 rings (SSSR count). The Morgan fingerprint density at radius 2 is 2.29 bits per heavy atom. The molecule has 0 aliphatic heterocycles. The van der Waals surface area contributed by atoms with E-state index >= 15 is 0 Å². The lowest BCUT2D eigenvalue weighted by molar-refractivity contribution is 0.594. The van der Waals surface area contributed by atoms with Gasteiger partial charge in [0.05, 0.1) is 17.6 Å². The zero-order valence-electron chi connectivity index (χ0n) is 9.32. The van der Waals surface area contributed by atoms with Crippen LogP contribution in [0.5, 0.6) is 0 Å². The summed E-state index contributed by atoms with van der Waals surface area (Å²) in [6, 6.07) is 4.96. The van der Waals surface area contributed by atoms with E-state index in [0.29, 0.717) is 17.6 Å². The lowest BCUT2D eigenvalue weighted by Gasteiger charge is -2.08. The van der Waals surface area contributed by atoms with Crippen molar-refractivity contribution in [3.05, 3.63) is 46.2 Å². The van der Waals surface area contributed by atoms with Crippen LogP contribution in [-0.2, 0) is 13.1 Å². The van der Waals surface area contributed by atoms with Gasteiger partial charge in [-0.15, -0.1) is 0 Å². The molecule has 1 heterocycles. The highest BCUT2D eigenvalue weighted by Gasteiger charge is 2.09. The van der Waals surface area contributed by atoms with E-state index in [9.17, 15) is 4.39 Å². The van der Waals surface area contributed by atoms with Crippen molar-refractivity contribution in [3.63, 3.8) is 0 Å². The Morgan fingerprint density at radius 1 is 1.47 bits per heavy atom. The monoisotopic (exact) mass is 298 g/mol. The van der Waals surface area contributed by atoms with Crippen LogP contribution in [0.15, 0.2) is 29.0 Å². The second-order valence-corrected chi connectivity index (χ2v) is 4.37. The summed E-state index contributed by atoms with van der Waals surface area (Å²) in [5.41, 5.74) is 0.841. The molecule has 2 aromatic rings. The summed E-state index contributed by atoms with van der Waals surface area (Å²) in [6.45, 7) is 1.13. The van der Waals surface area contributed by atoms with Crippen molar-refractivity contribution in [2.45, 2.75) is 13.1 Å². The van der Waals surface area contributed by atoms with Crippen LogP contribution in [0.25, 0.3) is 0 Å². The first-order valence-corrected chi connectivity index (χ1v) is 5.96. The minimum absolute atomic E-state index is 0.266. The fourth-order valence-corrected chi connectivity index (χ4v) is 1.94. The molecule has 1 aromatic carbocycles. The van der Waals surface area contributed by atoms with Crippen LogP contribution in [0.3, 0.4) is 0 Å². The molecule has 17 heavy (non-hydrogen) atoms. The van der Waals surface area contributed by atoms with Crippen molar-refractivity contribution in [1.29, 1.82) is 0 Å². The third kappa shape index (κ3) is 2.70. The molecule has 1 N–H and O–H groups in total. The number of halogens is 2. The smallest absolute Gasteiger partial charge is 0.141 e. The van der Waals surface area contributed by atoms with Crippen molar-refractivity contribution in [2.24, 2.45) is 0 Å². The minimum Gasteiger partial charge on any atom is -0.313 e. The van der Waals surface area contributed by atoms with Crippen molar-refractivity contribution in [3.8, 4) is 0 Å². The van der Waals surface area contributed by atoms with Gasteiger partial charge in [-0.25, -0.2) is 14.1 Å². The summed E-state index contributed by atoms with van der Waals surface area (Å²) < 4.78 is 15.6. The molecule has 0 amide bonds. The summed E-state index contributed by atoms with van der Waals surface area (Å²) in [5, 5.41) is 7.14. The SMILES string of the molecule is CNCc1ncnn1Cc1cccc(F)c1Br. The molecule has 90 valence electrons. The van der Waals surface area contributed by atoms with Crippen LogP contribution in [0.2, 0.25) is 0 Å². The standard InChI is InChI=1S/C11H12BrFN4/c1-14-5-10-15-7-16-17(10)6-8-3-2-4-9(13)11(8)12/h2-4,7,14H,5-6H2,1H3. The molecule has 0 fully saturated rings. The quantitative estimate of drug-likeness (QED) is 0.938. The number of hydrogen-bond donors (Lipinski definition) is 1. The second kappa shape index (κ2) is 5.37. The van der Waals surface area contributed by atoms with Gasteiger partial charge in [-0.3, -0.25) is 0 Å². The lowest BCUT2D eigenvalue weighted by Crippen LogP contribution is -2.14. The van der Waals surface area contributed by atoms with E-state index in [1.807, 2.05) is 13.1 Å². The van der Waals surface area contributed by atoms with Crippen LogP contribution >= 0.6 is 15.9 Å². The van der Waals surface area contributed by atoms with Crippen LogP contribution in [0, 0.1) is 5.82 Å². The average molecular weight is 299 g/mol. The highest BCUT2D eigenvalue weighted by Crippen LogP contribution is 2.21. The number of rotatable bonds is 4. The maximum absolute atomic E-state index is 13.4. The summed E-state index contributed by atoms with van der Waals surface area (Å²) in [7, 11) is 1.84.